The molecule has 1 aliphatic heterocycles. The Bertz CT molecular complexity index is 794. The van der Waals surface area contributed by atoms with Gasteiger partial charge in [-0.25, -0.2) is 14.3 Å². The van der Waals surface area contributed by atoms with Crippen molar-refractivity contribution in [2.45, 2.75) is 45.3 Å². The first kappa shape index (κ1) is 17.3. The molecule has 1 unspecified atom stereocenters. The SMILES string of the molecule is CC(C)NC(=O)N1CCCC1c1nn(C)c(=O)n1Cc1ccccc1. The van der Waals surface area contributed by atoms with Gasteiger partial charge in [0.15, 0.2) is 5.82 Å². The van der Waals surface area contributed by atoms with Crippen molar-refractivity contribution < 1.29 is 4.79 Å². The van der Waals surface area contributed by atoms with Crippen molar-refractivity contribution >= 4 is 6.03 Å². The molecule has 2 aromatic rings. The lowest BCUT2D eigenvalue weighted by atomic mass is 10.2. The molecular formula is C18H25N5O2. The largest absolute Gasteiger partial charge is 0.346 e. The molecular weight excluding hydrogens is 318 g/mol. The van der Waals surface area contributed by atoms with Gasteiger partial charge in [-0.15, -0.1) is 0 Å². The number of likely N-dealkylation sites (tertiary alicyclic amines) is 1. The van der Waals surface area contributed by atoms with Gasteiger partial charge >= 0.3 is 11.7 Å². The predicted octanol–water partition coefficient (Wildman–Crippen LogP) is 1.88. The number of rotatable bonds is 4. The number of nitrogens with one attached hydrogen (secondary N) is 1. The van der Waals surface area contributed by atoms with E-state index < -0.39 is 0 Å². The van der Waals surface area contributed by atoms with Crippen molar-refractivity contribution in [3.8, 4) is 0 Å². The van der Waals surface area contributed by atoms with E-state index in [0.29, 0.717) is 18.9 Å². The van der Waals surface area contributed by atoms with Crippen LogP contribution in [0.1, 0.15) is 44.1 Å². The fourth-order valence-electron chi connectivity index (χ4n) is 3.29. The lowest BCUT2D eigenvalue weighted by Gasteiger charge is -2.25. The highest BCUT2D eigenvalue weighted by atomic mass is 16.2. The second-order valence-electron chi connectivity index (χ2n) is 6.79. The first-order valence-corrected chi connectivity index (χ1v) is 8.72. The molecule has 1 atom stereocenters. The Morgan fingerprint density at radius 1 is 1.32 bits per heavy atom. The zero-order valence-electron chi connectivity index (χ0n) is 15.0. The molecule has 0 bridgehead atoms. The van der Waals surface area contributed by atoms with Gasteiger partial charge in [0.05, 0.1) is 12.6 Å². The van der Waals surface area contributed by atoms with E-state index in [-0.39, 0.29) is 23.8 Å². The van der Waals surface area contributed by atoms with Gasteiger partial charge in [0, 0.05) is 19.6 Å². The summed E-state index contributed by atoms with van der Waals surface area (Å²) in [5, 5.41) is 7.39. The molecule has 0 aliphatic carbocycles. The Labute approximate surface area is 147 Å². The topological polar surface area (TPSA) is 72.2 Å². The zero-order chi connectivity index (χ0) is 18.0. The summed E-state index contributed by atoms with van der Waals surface area (Å²) in [6.07, 6.45) is 1.73. The van der Waals surface area contributed by atoms with Gasteiger partial charge in [0.1, 0.15) is 0 Å². The number of carbonyl (C=O) groups excluding carboxylic acids is 1. The van der Waals surface area contributed by atoms with E-state index in [1.54, 1.807) is 16.5 Å². The number of hydrogen-bond acceptors (Lipinski definition) is 3. The van der Waals surface area contributed by atoms with Gasteiger partial charge in [-0.1, -0.05) is 30.3 Å². The number of amides is 2. The second kappa shape index (κ2) is 7.13. The van der Waals surface area contributed by atoms with Crippen molar-refractivity contribution in [1.82, 2.24) is 24.6 Å². The molecule has 1 N–H and O–H groups in total. The van der Waals surface area contributed by atoms with Crippen LogP contribution < -0.4 is 11.0 Å². The Kier molecular flexibility index (Phi) is 4.92. The maximum Gasteiger partial charge on any atom is 0.346 e. The quantitative estimate of drug-likeness (QED) is 0.921. The van der Waals surface area contributed by atoms with E-state index in [2.05, 4.69) is 10.4 Å². The van der Waals surface area contributed by atoms with E-state index >= 15 is 0 Å². The number of hydrogen-bond donors (Lipinski definition) is 1. The number of nitrogens with zero attached hydrogens (tertiary/aromatic N) is 4. The highest BCUT2D eigenvalue weighted by molar-refractivity contribution is 5.75. The van der Waals surface area contributed by atoms with E-state index in [9.17, 15) is 9.59 Å². The van der Waals surface area contributed by atoms with E-state index in [4.69, 9.17) is 0 Å². The summed E-state index contributed by atoms with van der Waals surface area (Å²) in [6, 6.07) is 9.64. The summed E-state index contributed by atoms with van der Waals surface area (Å²) in [6.45, 7) is 5.02. The number of aromatic nitrogens is 3. The smallest absolute Gasteiger partial charge is 0.336 e. The Morgan fingerprint density at radius 3 is 2.72 bits per heavy atom. The van der Waals surface area contributed by atoms with Gasteiger partial charge < -0.3 is 10.2 Å². The van der Waals surface area contributed by atoms with Crippen LogP contribution in [-0.4, -0.2) is 37.9 Å². The maximum absolute atomic E-state index is 12.5. The summed E-state index contributed by atoms with van der Waals surface area (Å²) in [4.78, 5) is 26.8. The minimum Gasteiger partial charge on any atom is -0.336 e. The average molecular weight is 343 g/mol. The Morgan fingerprint density at radius 2 is 2.04 bits per heavy atom. The Hall–Kier alpha value is -2.57. The third-order valence-electron chi connectivity index (χ3n) is 4.44. The molecule has 7 nitrogen and oxygen atoms in total. The fraction of sp³-hybridized carbons (Fsp3) is 0.500. The van der Waals surface area contributed by atoms with Crippen LogP contribution in [0.15, 0.2) is 35.1 Å². The molecule has 7 heteroatoms. The highest BCUT2D eigenvalue weighted by Crippen LogP contribution is 2.30. The fourth-order valence-corrected chi connectivity index (χ4v) is 3.29. The molecule has 1 aliphatic rings. The van der Waals surface area contributed by atoms with Gasteiger partial charge in [0.25, 0.3) is 0 Å². The van der Waals surface area contributed by atoms with Crippen molar-refractivity contribution in [3.63, 3.8) is 0 Å². The predicted molar refractivity (Wildman–Crippen MR) is 95.4 cm³/mol. The molecule has 25 heavy (non-hydrogen) atoms. The van der Waals surface area contributed by atoms with Crippen molar-refractivity contribution in [3.05, 3.63) is 52.2 Å². The third-order valence-corrected chi connectivity index (χ3v) is 4.44. The molecule has 2 heterocycles. The maximum atomic E-state index is 12.5. The van der Waals surface area contributed by atoms with Crippen molar-refractivity contribution in [2.75, 3.05) is 6.54 Å². The van der Waals surface area contributed by atoms with E-state index in [0.717, 1.165) is 18.4 Å². The van der Waals surface area contributed by atoms with Gasteiger partial charge in [0.2, 0.25) is 0 Å². The molecule has 1 fully saturated rings. The number of aryl methyl sites for hydroxylation is 1. The molecule has 0 radical (unpaired) electrons. The average Bonchev–Trinajstić information content (AvgIpc) is 3.16. The highest BCUT2D eigenvalue weighted by Gasteiger charge is 2.34. The second-order valence-corrected chi connectivity index (χ2v) is 6.79. The third kappa shape index (κ3) is 3.60. The van der Waals surface area contributed by atoms with Crippen LogP contribution in [0, 0.1) is 0 Å². The summed E-state index contributed by atoms with van der Waals surface area (Å²) in [7, 11) is 1.65. The van der Waals surface area contributed by atoms with Crippen LogP contribution in [-0.2, 0) is 13.6 Å². The van der Waals surface area contributed by atoms with Gasteiger partial charge in [-0.2, -0.15) is 5.10 Å². The first-order valence-electron chi connectivity index (χ1n) is 8.72. The minimum absolute atomic E-state index is 0.0731. The van der Waals surface area contributed by atoms with Gasteiger partial charge in [-0.05, 0) is 32.3 Å². The normalized spacial score (nSPS) is 17.3. The van der Waals surface area contributed by atoms with Gasteiger partial charge in [-0.3, -0.25) is 4.57 Å². The van der Waals surface area contributed by atoms with Crippen LogP contribution in [0.5, 0.6) is 0 Å². The standard InChI is InChI=1S/C18H25N5O2/c1-13(2)19-17(24)22-11-7-10-15(22)16-20-21(3)18(25)23(16)12-14-8-5-4-6-9-14/h4-6,8-9,13,15H,7,10-12H2,1-3H3,(H,19,24). The molecule has 1 aromatic heterocycles. The van der Waals surface area contributed by atoms with Crippen LogP contribution in [0.25, 0.3) is 0 Å². The summed E-state index contributed by atoms with van der Waals surface area (Å²) in [5.74, 6) is 0.660. The molecule has 1 saturated heterocycles. The number of carbonyl (C=O) groups is 1. The van der Waals surface area contributed by atoms with Crippen LogP contribution in [0.3, 0.4) is 0 Å². The monoisotopic (exact) mass is 343 g/mol. The lowest BCUT2D eigenvalue weighted by Crippen LogP contribution is -2.43. The van der Waals surface area contributed by atoms with Crippen LogP contribution in [0.2, 0.25) is 0 Å². The van der Waals surface area contributed by atoms with E-state index in [1.807, 2.05) is 44.2 Å². The molecule has 1 aromatic carbocycles. The summed E-state index contributed by atoms with van der Waals surface area (Å²) < 4.78 is 3.04. The first-order chi connectivity index (χ1) is 12.0. The van der Waals surface area contributed by atoms with Crippen molar-refractivity contribution in [2.24, 2.45) is 7.05 Å². The van der Waals surface area contributed by atoms with Crippen LogP contribution in [0.4, 0.5) is 4.79 Å². The summed E-state index contributed by atoms with van der Waals surface area (Å²) >= 11 is 0. The number of urea groups is 1. The minimum atomic E-state index is -0.170. The zero-order valence-corrected chi connectivity index (χ0v) is 15.0. The molecule has 3 rings (SSSR count). The van der Waals surface area contributed by atoms with Crippen LogP contribution >= 0.6 is 0 Å². The molecule has 2 amide bonds. The molecule has 0 saturated carbocycles. The summed E-state index contributed by atoms with van der Waals surface area (Å²) in [5.41, 5.74) is 0.880. The Balaban J connectivity index is 1.92. The number of benzene rings is 1. The van der Waals surface area contributed by atoms with Crippen molar-refractivity contribution in [1.29, 1.82) is 0 Å². The van der Waals surface area contributed by atoms with E-state index in [1.165, 1.54) is 4.68 Å². The molecule has 0 spiro atoms. The lowest BCUT2D eigenvalue weighted by molar-refractivity contribution is 0.187. The molecule has 134 valence electrons.